The number of nitrogens with one attached hydrogen (secondary N) is 1. The highest BCUT2D eigenvalue weighted by atomic mass is 16.5. The molecule has 0 spiro atoms. The van der Waals surface area contributed by atoms with Crippen LogP contribution in [0, 0.1) is 0 Å². The predicted molar refractivity (Wildman–Crippen MR) is 80.1 cm³/mol. The maximum absolute atomic E-state index is 10.7. The summed E-state index contributed by atoms with van der Waals surface area (Å²) >= 11 is 0. The molecule has 21 heavy (non-hydrogen) atoms. The standard InChI is InChI=1S/C15H23N3O3/c1-17-8-14-10-18(6-7-20-14)9-12-2-4-13(5-3-12)21-11-15(16)19/h2-5,14,17H,6-11H2,1H3,(H2,16,19). The summed E-state index contributed by atoms with van der Waals surface area (Å²) in [7, 11) is 1.94. The van der Waals surface area contributed by atoms with Gasteiger partial charge in [0, 0.05) is 26.2 Å². The molecule has 0 aliphatic carbocycles. The molecule has 0 radical (unpaired) electrons. The molecule has 1 amide bonds. The van der Waals surface area contributed by atoms with Crippen molar-refractivity contribution in [2.45, 2.75) is 12.6 Å². The van der Waals surface area contributed by atoms with Crippen LogP contribution in [0.4, 0.5) is 0 Å². The van der Waals surface area contributed by atoms with Gasteiger partial charge in [-0.2, -0.15) is 0 Å². The Bertz CT molecular complexity index is 448. The van der Waals surface area contributed by atoms with Crippen molar-refractivity contribution < 1.29 is 14.3 Å². The van der Waals surface area contributed by atoms with Crippen molar-refractivity contribution in [1.82, 2.24) is 10.2 Å². The Balaban J connectivity index is 1.83. The number of rotatable bonds is 7. The summed E-state index contributed by atoms with van der Waals surface area (Å²) in [6, 6.07) is 7.76. The zero-order valence-corrected chi connectivity index (χ0v) is 12.4. The average molecular weight is 293 g/mol. The highest BCUT2D eigenvalue weighted by molar-refractivity contribution is 5.75. The third kappa shape index (κ3) is 5.34. The Morgan fingerprint density at radius 1 is 1.48 bits per heavy atom. The molecule has 6 heteroatoms. The van der Waals surface area contributed by atoms with Crippen LogP contribution in [0.1, 0.15) is 5.56 Å². The number of amides is 1. The lowest BCUT2D eigenvalue weighted by atomic mass is 10.2. The summed E-state index contributed by atoms with van der Waals surface area (Å²) in [4.78, 5) is 13.0. The van der Waals surface area contributed by atoms with Gasteiger partial charge < -0.3 is 20.5 Å². The molecule has 1 fully saturated rings. The molecule has 1 aromatic carbocycles. The second-order valence-corrected chi connectivity index (χ2v) is 5.18. The molecule has 3 N–H and O–H groups in total. The Morgan fingerprint density at radius 2 is 2.24 bits per heavy atom. The van der Waals surface area contributed by atoms with Crippen molar-refractivity contribution in [3.05, 3.63) is 29.8 Å². The number of ether oxygens (including phenoxy) is 2. The van der Waals surface area contributed by atoms with Gasteiger partial charge in [-0.25, -0.2) is 0 Å². The number of primary amides is 1. The molecular formula is C15H23N3O3. The number of likely N-dealkylation sites (N-methyl/N-ethyl adjacent to an activating group) is 1. The van der Waals surface area contributed by atoms with Gasteiger partial charge in [0.2, 0.25) is 0 Å². The highest BCUT2D eigenvalue weighted by Gasteiger charge is 2.19. The first-order valence-corrected chi connectivity index (χ1v) is 7.16. The maximum Gasteiger partial charge on any atom is 0.255 e. The number of carbonyl (C=O) groups excluding carboxylic acids is 1. The Morgan fingerprint density at radius 3 is 2.90 bits per heavy atom. The van der Waals surface area contributed by atoms with Gasteiger partial charge in [0.25, 0.3) is 5.91 Å². The van der Waals surface area contributed by atoms with Gasteiger partial charge in [0.05, 0.1) is 12.7 Å². The maximum atomic E-state index is 10.7. The highest BCUT2D eigenvalue weighted by Crippen LogP contribution is 2.15. The van der Waals surface area contributed by atoms with E-state index >= 15 is 0 Å². The van der Waals surface area contributed by atoms with E-state index in [9.17, 15) is 4.79 Å². The first-order chi connectivity index (χ1) is 10.2. The quantitative estimate of drug-likeness (QED) is 0.738. The van der Waals surface area contributed by atoms with E-state index in [-0.39, 0.29) is 12.7 Å². The van der Waals surface area contributed by atoms with Gasteiger partial charge in [-0.3, -0.25) is 9.69 Å². The molecule has 1 unspecified atom stereocenters. The van der Waals surface area contributed by atoms with E-state index < -0.39 is 5.91 Å². The second kappa shape index (κ2) is 7.97. The number of benzene rings is 1. The SMILES string of the molecule is CNCC1CN(Cc2ccc(OCC(N)=O)cc2)CCO1. The molecule has 2 rings (SSSR count). The van der Waals surface area contributed by atoms with Crippen molar-refractivity contribution in [3.63, 3.8) is 0 Å². The Kier molecular flexibility index (Phi) is 5.98. The van der Waals surface area contributed by atoms with E-state index in [1.807, 2.05) is 31.3 Å². The minimum Gasteiger partial charge on any atom is -0.484 e. The minimum atomic E-state index is -0.469. The molecule has 1 aliphatic rings. The molecule has 1 atom stereocenters. The van der Waals surface area contributed by atoms with E-state index in [4.69, 9.17) is 15.2 Å². The number of nitrogens with two attached hydrogens (primary N) is 1. The molecule has 0 aromatic heterocycles. The lowest BCUT2D eigenvalue weighted by molar-refractivity contribution is -0.119. The van der Waals surface area contributed by atoms with Gasteiger partial charge in [-0.05, 0) is 24.7 Å². The molecular weight excluding hydrogens is 270 g/mol. The van der Waals surface area contributed by atoms with Gasteiger partial charge in [0.1, 0.15) is 5.75 Å². The van der Waals surface area contributed by atoms with Gasteiger partial charge in [0.15, 0.2) is 6.61 Å². The smallest absolute Gasteiger partial charge is 0.255 e. The molecule has 0 bridgehead atoms. The number of hydrogen-bond acceptors (Lipinski definition) is 5. The van der Waals surface area contributed by atoms with E-state index in [2.05, 4.69) is 10.2 Å². The fourth-order valence-electron chi connectivity index (χ4n) is 2.38. The largest absolute Gasteiger partial charge is 0.484 e. The molecule has 1 saturated heterocycles. The zero-order valence-electron chi connectivity index (χ0n) is 12.4. The average Bonchev–Trinajstić information content (AvgIpc) is 2.47. The molecule has 6 nitrogen and oxygen atoms in total. The van der Waals surface area contributed by atoms with Gasteiger partial charge in [-0.1, -0.05) is 12.1 Å². The lowest BCUT2D eigenvalue weighted by Crippen LogP contribution is -2.45. The summed E-state index contributed by atoms with van der Waals surface area (Å²) in [5, 5.41) is 3.15. The predicted octanol–water partition coefficient (Wildman–Crippen LogP) is -0.0291. The van der Waals surface area contributed by atoms with Gasteiger partial charge in [-0.15, -0.1) is 0 Å². The molecule has 0 saturated carbocycles. The first kappa shape index (κ1) is 15.8. The molecule has 116 valence electrons. The number of nitrogens with zero attached hydrogens (tertiary/aromatic N) is 1. The van der Waals surface area contributed by atoms with E-state index in [0.29, 0.717) is 5.75 Å². The van der Waals surface area contributed by atoms with Crippen molar-refractivity contribution in [1.29, 1.82) is 0 Å². The van der Waals surface area contributed by atoms with Crippen molar-refractivity contribution in [2.75, 3.05) is 39.9 Å². The van der Waals surface area contributed by atoms with E-state index in [0.717, 1.165) is 32.8 Å². The first-order valence-electron chi connectivity index (χ1n) is 7.16. The summed E-state index contributed by atoms with van der Waals surface area (Å²) in [5.74, 6) is 0.190. The number of hydrogen-bond donors (Lipinski definition) is 2. The van der Waals surface area contributed by atoms with Crippen LogP contribution < -0.4 is 15.8 Å². The topological polar surface area (TPSA) is 76.8 Å². The number of carbonyl (C=O) groups is 1. The number of morpholine rings is 1. The molecule has 1 aliphatic heterocycles. The Labute approximate surface area is 125 Å². The summed E-state index contributed by atoms with van der Waals surface area (Å²) in [5.41, 5.74) is 6.26. The summed E-state index contributed by atoms with van der Waals surface area (Å²) < 4.78 is 10.9. The normalized spacial score (nSPS) is 19.4. The third-order valence-corrected chi connectivity index (χ3v) is 3.37. The van der Waals surface area contributed by atoms with Crippen LogP contribution in [0.15, 0.2) is 24.3 Å². The summed E-state index contributed by atoms with van der Waals surface area (Å²) in [6.45, 7) is 4.32. The van der Waals surface area contributed by atoms with Crippen LogP contribution in [0.5, 0.6) is 5.75 Å². The van der Waals surface area contributed by atoms with Crippen LogP contribution in [0.2, 0.25) is 0 Å². The van der Waals surface area contributed by atoms with Crippen LogP contribution in [-0.4, -0.2) is 56.8 Å². The molecule has 1 heterocycles. The monoisotopic (exact) mass is 293 g/mol. The van der Waals surface area contributed by atoms with Crippen molar-refractivity contribution in [2.24, 2.45) is 5.73 Å². The second-order valence-electron chi connectivity index (χ2n) is 5.18. The Hall–Kier alpha value is -1.63. The molecule has 1 aromatic rings. The van der Waals surface area contributed by atoms with Crippen LogP contribution in [-0.2, 0) is 16.1 Å². The van der Waals surface area contributed by atoms with Crippen LogP contribution >= 0.6 is 0 Å². The fraction of sp³-hybridized carbons (Fsp3) is 0.533. The summed E-state index contributed by atoms with van der Waals surface area (Å²) in [6.07, 6.45) is 0.252. The zero-order chi connectivity index (χ0) is 15.1. The van der Waals surface area contributed by atoms with Crippen LogP contribution in [0.25, 0.3) is 0 Å². The van der Waals surface area contributed by atoms with Crippen molar-refractivity contribution >= 4 is 5.91 Å². The van der Waals surface area contributed by atoms with Crippen LogP contribution in [0.3, 0.4) is 0 Å². The fourth-order valence-corrected chi connectivity index (χ4v) is 2.38. The minimum absolute atomic E-state index is 0.0888. The lowest BCUT2D eigenvalue weighted by Gasteiger charge is -2.32. The van der Waals surface area contributed by atoms with Crippen molar-refractivity contribution in [3.8, 4) is 5.75 Å². The van der Waals surface area contributed by atoms with Gasteiger partial charge >= 0.3 is 0 Å². The van der Waals surface area contributed by atoms with E-state index in [1.54, 1.807) is 0 Å². The van der Waals surface area contributed by atoms with E-state index in [1.165, 1.54) is 5.56 Å². The third-order valence-electron chi connectivity index (χ3n) is 3.37.